The molecule has 0 saturated carbocycles. The third-order valence-electron chi connectivity index (χ3n) is 2.65. The van der Waals surface area contributed by atoms with E-state index in [-0.39, 0.29) is 0 Å². The lowest BCUT2D eigenvalue weighted by molar-refractivity contribution is 0.634. The Morgan fingerprint density at radius 2 is 2.25 bits per heavy atom. The highest BCUT2D eigenvalue weighted by molar-refractivity contribution is 6.31. The van der Waals surface area contributed by atoms with E-state index >= 15 is 0 Å². The van der Waals surface area contributed by atoms with Crippen LogP contribution in [0.1, 0.15) is 19.2 Å². The van der Waals surface area contributed by atoms with E-state index < -0.39 is 0 Å². The Morgan fingerprint density at radius 3 is 3.00 bits per heavy atom. The van der Waals surface area contributed by atoms with Crippen LogP contribution in [-0.2, 0) is 13.6 Å². The van der Waals surface area contributed by atoms with Crippen molar-refractivity contribution in [1.29, 1.82) is 0 Å². The van der Waals surface area contributed by atoms with Crippen molar-refractivity contribution in [1.82, 2.24) is 14.9 Å². The maximum absolute atomic E-state index is 5.94. The first-order valence-electron chi connectivity index (χ1n) is 5.54. The van der Waals surface area contributed by atoms with Crippen LogP contribution in [0.3, 0.4) is 0 Å². The van der Waals surface area contributed by atoms with Gasteiger partial charge in [0.2, 0.25) is 0 Å². The molecule has 0 aliphatic rings. The van der Waals surface area contributed by atoms with Gasteiger partial charge >= 0.3 is 0 Å². The van der Waals surface area contributed by atoms with E-state index in [0.29, 0.717) is 0 Å². The van der Waals surface area contributed by atoms with Gasteiger partial charge in [0, 0.05) is 12.1 Å². The number of aryl methyl sites for hydroxylation is 1. The molecule has 1 heterocycles. The summed E-state index contributed by atoms with van der Waals surface area (Å²) in [6, 6.07) is 5.81. The van der Waals surface area contributed by atoms with Gasteiger partial charge in [-0.05, 0) is 31.2 Å². The standard InChI is InChI=1S/C12H16ClN3/c1-3-6-14-8-12-15-10-7-9(13)4-5-11(10)16(12)2/h4-5,7,14H,3,6,8H2,1-2H3. The predicted molar refractivity (Wildman–Crippen MR) is 67.7 cm³/mol. The Kier molecular flexibility index (Phi) is 3.46. The minimum atomic E-state index is 0.735. The molecule has 3 nitrogen and oxygen atoms in total. The summed E-state index contributed by atoms with van der Waals surface area (Å²) >= 11 is 5.94. The predicted octanol–water partition coefficient (Wildman–Crippen LogP) is 2.73. The lowest BCUT2D eigenvalue weighted by atomic mass is 10.3. The fourth-order valence-corrected chi connectivity index (χ4v) is 1.92. The van der Waals surface area contributed by atoms with Gasteiger partial charge in [-0.3, -0.25) is 0 Å². The van der Waals surface area contributed by atoms with Crippen molar-refractivity contribution in [2.45, 2.75) is 19.9 Å². The van der Waals surface area contributed by atoms with Gasteiger partial charge in [-0.1, -0.05) is 18.5 Å². The normalized spacial score (nSPS) is 11.2. The Bertz CT molecular complexity index is 490. The molecule has 0 aliphatic heterocycles. The summed E-state index contributed by atoms with van der Waals surface area (Å²) in [5.74, 6) is 1.05. The molecule has 16 heavy (non-hydrogen) atoms. The van der Waals surface area contributed by atoms with Crippen molar-refractivity contribution in [3.63, 3.8) is 0 Å². The van der Waals surface area contributed by atoms with Crippen LogP contribution in [0.15, 0.2) is 18.2 Å². The smallest absolute Gasteiger partial charge is 0.123 e. The summed E-state index contributed by atoms with van der Waals surface area (Å²) < 4.78 is 2.11. The highest BCUT2D eigenvalue weighted by atomic mass is 35.5. The van der Waals surface area contributed by atoms with Gasteiger partial charge in [-0.25, -0.2) is 4.98 Å². The average molecular weight is 238 g/mol. The molecule has 2 aromatic rings. The zero-order valence-electron chi connectivity index (χ0n) is 9.63. The van der Waals surface area contributed by atoms with E-state index in [1.165, 1.54) is 0 Å². The average Bonchev–Trinajstić information content (AvgIpc) is 2.56. The third-order valence-corrected chi connectivity index (χ3v) is 2.88. The van der Waals surface area contributed by atoms with Crippen molar-refractivity contribution in [2.75, 3.05) is 6.54 Å². The number of rotatable bonds is 4. The van der Waals surface area contributed by atoms with E-state index in [2.05, 4.69) is 21.8 Å². The van der Waals surface area contributed by atoms with Crippen LogP contribution >= 0.6 is 11.6 Å². The quantitative estimate of drug-likeness (QED) is 0.829. The highest BCUT2D eigenvalue weighted by Crippen LogP contribution is 2.19. The summed E-state index contributed by atoms with van der Waals surface area (Å²) in [5.41, 5.74) is 2.08. The van der Waals surface area contributed by atoms with Crippen molar-refractivity contribution >= 4 is 22.6 Å². The molecule has 0 atom stereocenters. The van der Waals surface area contributed by atoms with Gasteiger partial charge in [0.15, 0.2) is 0 Å². The number of nitrogens with one attached hydrogen (secondary N) is 1. The van der Waals surface area contributed by atoms with Crippen LogP contribution in [0.2, 0.25) is 5.02 Å². The molecule has 0 fully saturated rings. The summed E-state index contributed by atoms with van der Waals surface area (Å²) in [4.78, 5) is 4.56. The molecule has 86 valence electrons. The highest BCUT2D eigenvalue weighted by Gasteiger charge is 2.06. The van der Waals surface area contributed by atoms with Crippen molar-refractivity contribution in [3.8, 4) is 0 Å². The molecule has 0 radical (unpaired) electrons. The Labute approximate surface area is 100 Å². The molecule has 0 amide bonds. The maximum Gasteiger partial charge on any atom is 0.123 e. The lowest BCUT2D eigenvalue weighted by Crippen LogP contribution is -2.16. The van der Waals surface area contributed by atoms with Crippen molar-refractivity contribution in [2.24, 2.45) is 7.05 Å². The SMILES string of the molecule is CCCNCc1nc2cc(Cl)ccc2n1C. The first-order chi connectivity index (χ1) is 7.72. The Morgan fingerprint density at radius 1 is 1.44 bits per heavy atom. The van der Waals surface area contributed by atoms with Crippen molar-refractivity contribution < 1.29 is 0 Å². The van der Waals surface area contributed by atoms with Crippen LogP contribution in [0.4, 0.5) is 0 Å². The van der Waals surface area contributed by atoms with Gasteiger partial charge in [0.1, 0.15) is 5.82 Å². The maximum atomic E-state index is 5.94. The monoisotopic (exact) mass is 237 g/mol. The molecule has 0 bridgehead atoms. The second-order valence-electron chi connectivity index (χ2n) is 3.90. The molecule has 2 rings (SSSR count). The fourth-order valence-electron chi connectivity index (χ4n) is 1.76. The topological polar surface area (TPSA) is 29.9 Å². The summed E-state index contributed by atoms with van der Waals surface area (Å²) in [6.07, 6.45) is 1.13. The Balaban J connectivity index is 2.29. The fraction of sp³-hybridized carbons (Fsp3) is 0.417. The minimum Gasteiger partial charge on any atom is -0.330 e. The second-order valence-corrected chi connectivity index (χ2v) is 4.33. The molecule has 0 spiro atoms. The van der Waals surface area contributed by atoms with Gasteiger partial charge in [-0.15, -0.1) is 0 Å². The van der Waals surface area contributed by atoms with Gasteiger partial charge < -0.3 is 9.88 Å². The van der Waals surface area contributed by atoms with Crippen LogP contribution in [0.5, 0.6) is 0 Å². The molecule has 0 unspecified atom stereocenters. The van der Waals surface area contributed by atoms with Gasteiger partial charge in [0.25, 0.3) is 0 Å². The van der Waals surface area contributed by atoms with E-state index in [1.54, 1.807) is 0 Å². The first-order valence-corrected chi connectivity index (χ1v) is 5.91. The third kappa shape index (κ3) is 2.20. The largest absolute Gasteiger partial charge is 0.330 e. The molecule has 1 N–H and O–H groups in total. The zero-order valence-corrected chi connectivity index (χ0v) is 10.4. The number of halogens is 1. The van der Waals surface area contributed by atoms with Crippen LogP contribution in [0.25, 0.3) is 11.0 Å². The van der Waals surface area contributed by atoms with Crippen molar-refractivity contribution in [3.05, 3.63) is 29.0 Å². The zero-order chi connectivity index (χ0) is 11.5. The molecule has 0 aliphatic carbocycles. The lowest BCUT2D eigenvalue weighted by Gasteiger charge is -2.03. The van der Waals surface area contributed by atoms with Crippen LogP contribution < -0.4 is 5.32 Å². The summed E-state index contributed by atoms with van der Waals surface area (Å²) in [7, 11) is 2.03. The number of hydrogen-bond donors (Lipinski definition) is 1. The number of benzene rings is 1. The first kappa shape index (κ1) is 11.4. The molecule has 1 aromatic carbocycles. The van der Waals surface area contributed by atoms with Gasteiger partial charge in [0.05, 0.1) is 17.6 Å². The number of nitrogens with zero attached hydrogens (tertiary/aromatic N) is 2. The van der Waals surface area contributed by atoms with E-state index in [9.17, 15) is 0 Å². The van der Waals surface area contributed by atoms with E-state index in [4.69, 9.17) is 11.6 Å². The molecular formula is C12H16ClN3. The molecule has 0 saturated heterocycles. The van der Waals surface area contributed by atoms with Crippen LogP contribution in [0, 0.1) is 0 Å². The minimum absolute atomic E-state index is 0.735. The number of aromatic nitrogens is 2. The Hall–Kier alpha value is -1.06. The summed E-state index contributed by atoms with van der Waals surface area (Å²) in [6.45, 7) is 3.97. The van der Waals surface area contributed by atoms with E-state index in [1.807, 2.05) is 25.2 Å². The number of fused-ring (bicyclic) bond motifs is 1. The van der Waals surface area contributed by atoms with Crippen LogP contribution in [-0.4, -0.2) is 16.1 Å². The van der Waals surface area contributed by atoms with Gasteiger partial charge in [-0.2, -0.15) is 0 Å². The number of hydrogen-bond acceptors (Lipinski definition) is 2. The summed E-state index contributed by atoms with van der Waals surface area (Å²) in [5, 5.41) is 4.09. The molecule has 4 heteroatoms. The molecule has 1 aromatic heterocycles. The van der Waals surface area contributed by atoms with E-state index in [0.717, 1.165) is 41.4 Å². The number of imidazole rings is 1. The second kappa shape index (κ2) is 4.85. The molecular weight excluding hydrogens is 222 g/mol.